The van der Waals surface area contributed by atoms with Crippen molar-refractivity contribution in [1.82, 2.24) is 5.32 Å². The summed E-state index contributed by atoms with van der Waals surface area (Å²) in [6.07, 6.45) is 4.26. The molecular formula is C15H19FN2O3. The quantitative estimate of drug-likeness (QED) is 0.769. The molecule has 1 amide bonds. The molecular weight excluding hydrogens is 275 g/mol. The molecule has 4 N–H and O–H groups in total. The number of nitrogens with one attached hydrogen (secondary N) is 1. The zero-order chi connectivity index (χ0) is 15.4. The summed E-state index contributed by atoms with van der Waals surface area (Å²) in [5, 5.41) is 11.1. The van der Waals surface area contributed by atoms with Gasteiger partial charge >= 0.3 is 5.97 Å². The fraction of sp³-hybridized carbons (Fsp3) is 0.467. The van der Waals surface area contributed by atoms with Crippen LogP contribution in [0.3, 0.4) is 0 Å². The van der Waals surface area contributed by atoms with Crippen LogP contribution in [-0.2, 0) is 4.79 Å². The van der Waals surface area contributed by atoms with E-state index in [1.165, 1.54) is 6.07 Å². The topological polar surface area (TPSA) is 92.4 Å². The molecule has 6 heteroatoms. The first kappa shape index (κ1) is 15.4. The lowest BCUT2D eigenvalue weighted by Crippen LogP contribution is -2.42. The Kier molecular flexibility index (Phi) is 4.90. The highest BCUT2D eigenvalue weighted by atomic mass is 19.1. The average molecular weight is 294 g/mol. The first-order valence-corrected chi connectivity index (χ1v) is 7.04. The lowest BCUT2D eigenvalue weighted by atomic mass is 9.95. The Labute approximate surface area is 122 Å². The number of aliphatic carboxylic acids is 1. The van der Waals surface area contributed by atoms with Gasteiger partial charge in [0.1, 0.15) is 11.9 Å². The molecule has 1 aromatic rings. The predicted octanol–water partition coefficient (Wildman–Crippen LogP) is 1.62. The van der Waals surface area contributed by atoms with Crippen LogP contribution >= 0.6 is 0 Å². The molecule has 0 heterocycles. The first-order chi connectivity index (χ1) is 9.97. The van der Waals surface area contributed by atoms with Gasteiger partial charge in [-0.15, -0.1) is 0 Å². The maximum absolute atomic E-state index is 13.7. The number of hydrogen-bond acceptors (Lipinski definition) is 3. The van der Waals surface area contributed by atoms with Gasteiger partial charge in [-0.2, -0.15) is 0 Å². The van der Waals surface area contributed by atoms with E-state index < -0.39 is 23.7 Å². The SMILES string of the molecule is N[C@H](CNC(=O)c1cc(F)cc(C2CCCC2)c1)C(=O)O. The number of carboxylic acids is 1. The van der Waals surface area contributed by atoms with Crippen LogP contribution in [0.5, 0.6) is 0 Å². The summed E-state index contributed by atoms with van der Waals surface area (Å²) in [4.78, 5) is 22.6. The molecule has 1 atom stereocenters. The Balaban J connectivity index is 2.08. The van der Waals surface area contributed by atoms with Crippen molar-refractivity contribution < 1.29 is 19.1 Å². The van der Waals surface area contributed by atoms with Crippen molar-refractivity contribution >= 4 is 11.9 Å². The molecule has 0 saturated heterocycles. The van der Waals surface area contributed by atoms with E-state index >= 15 is 0 Å². The lowest BCUT2D eigenvalue weighted by Gasteiger charge is -2.13. The maximum atomic E-state index is 13.7. The number of hydrogen-bond donors (Lipinski definition) is 3. The summed E-state index contributed by atoms with van der Waals surface area (Å²) in [5.74, 6) is -1.85. The third-order valence-electron chi connectivity index (χ3n) is 3.81. The Morgan fingerprint density at radius 1 is 1.33 bits per heavy atom. The second-order valence-corrected chi connectivity index (χ2v) is 5.41. The van der Waals surface area contributed by atoms with Crippen LogP contribution in [0.2, 0.25) is 0 Å². The van der Waals surface area contributed by atoms with E-state index in [4.69, 9.17) is 10.8 Å². The number of rotatable bonds is 5. The van der Waals surface area contributed by atoms with Gasteiger partial charge in [-0.1, -0.05) is 12.8 Å². The molecule has 1 aliphatic carbocycles. The summed E-state index contributed by atoms with van der Waals surface area (Å²) < 4.78 is 13.7. The third kappa shape index (κ3) is 4.01. The van der Waals surface area contributed by atoms with Crippen LogP contribution in [-0.4, -0.2) is 29.6 Å². The van der Waals surface area contributed by atoms with Gasteiger partial charge in [0.25, 0.3) is 5.91 Å². The van der Waals surface area contributed by atoms with Crippen molar-refractivity contribution in [3.05, 3.63) is 35.1 Å². The molecule has 21 heavy (non-hydrogen) atoms. The standard InChI is InChI=1S/C15H19FN2O3/c16-12-6-10(9-3-1-2-4-9)5-11(7-12)14(19)18-8-13(17)15(20)21/h5-7,9,13H,1-4,8,17H2,(H,18,19)(H,20,21)/t13-/m1/s1. The van der Waals surface area contributed by atoms with Gasteiger partial charge in [0, 0.05) is 12.1 Å². The molecule has 2 rings (SSSR count). The van der Waals surface area contributed by atoms with Crippen LogP contribution in [0.15, 0.2) is 18.2 Å². The number of benzene rings is 1. The molecule has 0 aliphatic heterocycles. The van der Waals surface area contributed by atoms with Gasteiger partial charge in [0.15, 0.2) is 0 Å². The highest BCUT2D eigenvalue weighted by molar-refractivity contribution is 5.94. The van der Waals surface area contributed by atoms with Crippen molar-refractivity contribution in [3.8, 4) is 0 Å². The zero-order valence-corrected chi connectivity index (χ0v) is 11.6. The smallest absolute Gasteiger partial charge is 0.322 e. The van der Waals surface area contributed by atoms with Crippen LogP contribution in [0.25, 0.3) is 0 Å². The van der Waals surface area contributed by atoms with Gasteiger partial charge in [0.05, 0.1) is 0 Å². The van der Waals surface area contributed by atoms with E-state index in [0.29, 0.717) is 5.92 Å². The van der Waals surface area contributed by atoms with Gasteiger partial charge in [-0.25, -0.2) is 4.39 Å². The Hall–Kier alpha value is -1.95. The zero-order valence-electron chi connectivity index (χ0n) is 11.6. The normalized spacial score (nSPS) is 16.7. The van der Waals surface area contributed by atoms with E-state index in [1.54, 1.807) is 6.07 Å². The van der Waals surface area contributed by atoms with Gasteiger partial charge in [-0.3, -0.25) is 9.59 Å². The van der Waals surface area contributed by atoms with Crippen molar-refractivity contribution in [2.24, 2.45) is 5.73 Å². The lowest BCUT2D eigenvalue weighted by molar-refractivity contribution is -0.138. The summed E-state index contributed by atoms with van der Waals surface area (Å²) in [5.41, 5.74) is 6.35. The molecule has 0 unspecified atom stereocenters. The first-order valence-electron chi connectivity index (χ1n) is 7.04. The highest BCUT2D eigenvalue weighted by Crippen LogP contribution is 2.34. The van der Waals surface area contributed by atoms with Crippen molar-refractivity contribution in [3.63, 3.8) is 0 Å². The highest BCUT2D eigenvalue weighted by Gasteiger charge is 2.20. The monoisotopic (exact) mass is 294 g/mol. The van der Waals surface area contributed by atoms with Crippen LogP contribution in [0.1, 0.15) is 47.5 Å². The minimum Gasteiger partial charge on any atom is -0.480 e. The Morgan fingerprint density at radius 2 is 2.00 bits per heavy atom. The number of halogens is 1. The van der Waals surface area contributed by atoms with Crippen molar-refractivity contribution in [2.45, 2.75) is 37.6 Å². The number of amides is 1. The van der Waals surface area contributed by atoms with Gasteiger partial charge < -0.3 is 16.2 Å². The van der Waals surface area contributed by atoms with Gasteiger partial charge in [0.2, 0.25) is 0 Å². The van der Waals surface area contributed by atoms with Crippen molar-refractivity contribution in [2.75, 3.05) is 6.54 Å². The van der Waals surface area contributed by atoms with Crippen LogP contribution < -0.4 is 11.1 Å². The average Bonchev–Trinajstić information content (AvgIpc) is 2.97. The Morgan fingerprint density at radius 3 is 2.62 bits per heavy atom. The van der Waals surface area contributed by atoms with Crippen LogP contribution in [0, 0.1) is 5.82 Å². The van der Waals surface area contributed by atoms with E-state index in [1.807, 2.05) is 0 Å². The van der Waals surface area contributed by atoms with Gasteiger partial charge in [-0.05, 0) is 42.5 Å². The molecule has 0 spiro atoms. The van der Waals surface area contributed by atoms with E-state index in [2.05, 4.69) is 5.32 Å². The molecule has 1 fully saturated rings. The summed E-state index contributed by atoms with van der Waals surface area (Å²) in [6, 6.07) is 3.13. The van der Waals surface area contributed by atoms with Crippen LogP contribution in [0.4, 0.5) is 4.39 Å². The molecule has 1 aliphatic rings. The summed E-state index contributed by atoms with van der Waals surface area (Å²) in [7, 11) is 0. The number of carboxylic acid groups (broad SMARTS) is 1. The summed E-state index contributed by atoms with van der Waals surface area (Å²) >= 11 is 0. The van der Waals surface area contributed by atoms with E-state index in [-0.39, 0.29) is 12.1 Å². The largest absolute Gasteiger partial charge is 0.480 e. The number of carbonyl (C=O) groups excluding carboxylic acids is 1. The molecule has 0 aromatic heterocycles. The fourth-order valence-corrected chi connectivity index (χ4v) is 2.63. The third-order valence-corrected chi connectivity index (χ3v) is 3.81. The summed E-state index contributed by atoms with van der Waals surface area (Å²) in [6.45, 7) is -0.191. The second-order valence-electron chi connectivity index (χ2n) is 5.41. The number of nitrogens with two attached hydrogens (primary N) is 1. The van der Waals surface area contributed by atoms with E-state index in [9.17, 15) is 14.0 Å². The molecule has 0 bridgehead atoms. The Bertz CT molecular complexity index is 542. The minimum absolute atomic E-state index is 0.191. The maximum Gasteiger partial charge on any atom is 0.322 e. The second kappa shape index (κ2) is 6.67. The van der Waals surface area contributed by atoms with E-state index in [0.717, 1.165) is 37.3 Å². The molecule has 1 saturated carbocycles. The minimum atomic E-state index is -1.19. The fourth-order valence-electron chi connectivity index (χ4n) is 2.63. The molecule has 0 radical (unpaired) electrons. The molecule has 114 valence electrons. The predicted molar refractivity (Wildman–Crippen MR) is 75.6 cm³/mol. The molecule has 5 nitrogen and oxygen atoms in total. The number of carbonyl (C=O) groups is 2. The molecule has 1 aromatic carbocycles. The van der Waals surface area contributed by atoms with Crippen molar-refractivity contribution in [1.29, 1.82) is 0 Å².